The lowest BCUT2D eigenvalue weighted by Gasteiger charge is -2.32. The minimum absolute atomic E-state index is 0.0513. The molecule has 0 fully saturated rings. The van der Waals surface area contributed by atoms with Crippen molar-refractivity contribution in [3.8, 4) is 0 Å². The van der Waals surface area contributed by atoms with Crippen LogP contribution in [0.3, 0.4) is 0 Å². The zero-order valence-electron chi connectivity index (χ0n) is 24.8. The number of nitrogens with zero attached hydrogens (tertiary/aromatic N) is 4. The normalized spacial score (nSPS) is 19.1. The highest BCUT2D eigenvalue weighted by Crippen LogP contribution is 2.38. The molecule has 3 aliphatic rings. The van der Waals surface area contributed by atoms with Crippen molar-refractivity contribution >= 4 is 46.8 Å². The van der Waals surface area contributed by atoms with Crippen molar-refractivity contribution < 1.29 is 37.2 Å². The number of carbonyl (C=O) groups is 4. The Morgan fingerprint density at radius 1 is 0.894 bits per heavy atom. The van der Waals surface area contributed by atoms with Gasteiger partial charge in [-0.15, -0.1) is 0 Å². The average molecular weight is 667 g/mol. The van der Waals surface area contributed by atoms with Crippen LogP contribution >= 0.6 is 11.6 Å². The Hall–Kier alpha value is -5.01. The van der Waals surface area contributed by atoms with Crippen molar-refractivity contribution in [1.82, 2.24) is 19.8 Å². The Balaban J connectivity index is 1.45. The summed E-state index contributed by atoms with van der Waals surface area (Å²) in [5.41, 5.74) is 1.64. The lowest BCUT2D eigenvalue weighted by Crippen LogP contribution is -2.58. The van der Waals surface area contributed by atoms with Gasteiger partial charge in [-0.05, 0) is 53.2 Å². The molecule has 14 heteroatoms. The molecule has 3 heterocycles. The zero-order chi connectivity index (χ0) is 33.3. The van der Waals surface area contributed by atoms with Crippen LogP contribution in [-0.2, 0) is 27.5 Å². The van der Waals surface area contributed by atoms with E-state index in [-0.39, 0.29) is 29.3 Å². The summed E-state index contributed by atoms with van der Waals surface area (Å²) in [5.74, 6) is -3.84. The Morgan fingerprint density at radius 2 is 1.53 bits per heavy atom. The van der Waals surface area contributed by atoms with Crippen molar-refractivity contribution in [3.63, 3.8) is 0 Å². The van der Waals surface area contributed by atoms with Crippen LogP contribution in [0.15, 0.2) is 83.9 Å². The first-order valence-electron chi connectivity index (χ1n) is 14.7. The standard InChI is InChI=1S/C33H28ClF3N5O5/c34-26-10-7-23(8-11-26)31(45)41-18-25-17-24(29-38-13-14-39-29)9-12-27(25)42(28(43)19-41,47-32(46)33(35,36)37)20-21-3-5-22(6-4-21)30(44)40-15-1-2-16-40/h1-12,17H,13-16,18-20H2,(H,38,39)/q+1. The number of amidine groups is 1. The van der Waals surface area contributed by atoms with Gasteiger partial charge >= 0.3 is 18.1 Å². The van der Waals surface area contributed by atoms with Crippen molar-refractivity contribution in [2.75, 3.05) is 32.7 Å². The van der Waals surface area contributed by atoms with E-state index in [0.29, 0.717) is 53.7 Å². The van der Waals surface area contributed by atoms with Crippen LogP contribution in [0, 0.1) is 0 Å². The SMILES string of the molecule is O=C(c1ccc(C[N+]2(OC(=O)C(F)(F)F)C(=O)CN(C(=O)c3ccc(Cl)cc3)Cc3cc(C4=NCCN4)ccc32)cc1)N1CC=CC1. The first kappa shape index (κ1) is 32.0. The lowest BCUT2D eigenvalue weighted by molar-refractivity contribution is -0.235. The molecule has 0 aliphatic carbocycles. The van der Waals surface area contributed by atoms with Gasteiger partial charge in [0.2, 0.25) is 0 Å². The molecule has 0 saturated carbocycles. The number of alkyl halides is 3. The maximum atomic E-state index is 14.3. The number of aliphatic imine (C=N–C) groups is 1. The van der Waals surface area contributed by atoms with Crippen LogP contribution in [0.5, 0.6) is 0 Å². The van der Waals surface area contributed by atoms with Crippen LogP contribution in [0.1, 0.15) is 37.4 Å². The second-order valence-corrected chi connectivity index (χ2v) is 11.7. The number of nitrogens with one attached hydrogen (secondary N) is 1. The van der Waals surface area contributed by atoms with Crippen molar-refractivity contribution in [1.29, 1.82) is 0 Å². The number of fused-ring (bicyclic) bond motifs is 1. The van der Waals surface area contributed by atoms with Crippen LogP contribution < -0.4 is 9.96 Å². The summed E-state index contributed by atoms with van der Waals surface area (Å²) in [4.78, 5) is 65.7. The summed E-state index contributed by atoms with van der Waals surface area (Å²) in [5, 5.41) is 3.51. The lowest BCUT2D eigenvalue weighted by atomic mass is 10.0. The molecule has 242 valence electrons. The van der Waals surface area contributed by atoms with E-state index in [1.807, 2.05) is 12.2 Å². The van der Waals surface area contributed by atoms with Crippen molar-refractivity contribution in [2.45, 2.75) is 19.3 Å². The third-order valence-electron chi connectivity index (χ3n) is 8.07. The van der Waals surface area contributed by atoms with Crippen LogP contribution in [0.25, 0.3) is 0 Å². The molecule has 0 saturated heterocycles. The van der Waals surface area contributed by atoms with Gasteiger partial charge in [-0.1, -0.05) is 35.9 Å². The van der Waals surface area contributed by atoms with Crippen LogP contribution in [0.2, 0.25) is 5.02 Å². The zero-order valence-corrected chi connectivity index (χ0v) is 25.6. The van der Waals surface area contributed by atoms with Crippen LogP contribution in [0.4, 0.5) is 18.9 Å². The van der Waals surface area contributed by atoms with Crippen molar-refractivity contribution in [2.24, 2.45) is 4.99 Å². The maximum absolute atomic E-state index is 14.3. The van der Waals surface area contributed by atoms with Crippen molar-refractivity contribution in [3.05, 3.63) is 112 Å². The van der Waals surface area contributed by atoms with Gasteiger partial charge in [-0.3, -0.25) is 19.4 Å². The van der Waals surface area contributed by atoms with E-state index < -0.39 is 41.7 Å². The monoisotopic (exact) mass is 666 g/mol. The first-order valence-corrected chi connectivity index (χ1v) is 15.0. The summed E-state index contributed by atoms with van der Waals surface area (Å²) >= 11 is 5.99. The Labute approximate surface area is 272 Å². The fraction of sp³-hybridized carbons (Fsp3) is 0.242. The predicted octanol–water partition coefficient (Wildman–Crippen LogP) is 4.41. The van der Waals surface area contributed by atoms with Gasteiger partial charge in [0.15, 0.2) is 12.2 Å². The summed E-state index contributed by atoms with van der Waals surface area (Å²) in [7, 11) is 0. The first-order chi connectivity index (χ1) is 22.4. The average Bonchev–Trinajstić information content (AvgIpc) is 3.78. The highest BCUT2D eigenvalue weighted by molar-refractivity contribution is 6.30. The number of amides is 3. The topological polar surface area (TPSA) is 108 Å². The van der Waals surface area contributed by atoms with Gasteiger partial charge in [0, 0.05) is 58.5 Å². The van der Waals surface area contributed by atoms with E-state index in [4.69, 9.17) is 16.4 Å². The molecule has 3 aromatic carbocycles. The molecule has 1 atom stereocenters. The van der Waals surface area contributed by atoms with E-state index in [2.05, 4.69) is 10.3 Å². The number of hydrogen-bond acceptors (Lipinski definition) is 7. The number of quaternary nitrogens is 1. The molecule has 3 aliphatic heterocycles. The van der Waals surface area contributed by atoms with Gasteiger partial charge in [0.05, 0.1) is 13.1 Å². The molecule has 10 nitrogen and oxygen atoms in total. The number of rotatable bonds is 6. The Bertz CT molecular complexity index is 1800. The van der Waals surface area contributed by atoms with Gasteiger partial charge in [-0.25, -0.2) is 9.59 Å². The van der Waals surface area contributed by atoms with E-state index >= 15 is 0 Å². The van der Waals surface area contributed by atoms with E-state index in [9.17, 15) is 32.3 Å². The highest BCUT2D eigenvalue weighted by atomic mass is 35.5. The smallest absolute Gasteiger partial charge is 0.368 e. The Kier molecular flexibility index (Phi) is 8.60. The molecule has 0 bridgehead atoms. The fourth-order valence-corrected chi connectivity index (χ4v) is 5.86. The number of halogens is 4. The molecule has 6 rings (SSSR count). The Morgan fingerprint density at radius 3 is 2.15 bits per heavy atom. The van der Waals surface area contributed by atoms with Gasteiger partial charge in [0.1, 0.15) is 12.4 Å². The van der Waals surface area contributed by atoms with Crippen LogP contribution in [-0.4, -0.2) is 78.2 Å². The second kappa shape index (κ2) is 12.6. The van der Waals surface area contributed by atoms with E-state index in [1.165, 1.54) is 59.5 Å². The van der Waals surface area contributed by atoms with Gasteiger partial charge < -0.3 is 15.1 Å². The van der Waals surface area contributed by atoms with Gasteiger partial charge in [-0.2, -0.15) is 13.2 Å². The molecule has 3 amide bonds. The van der Waals surface area contributed by atoms with E-state index in [0.717, 1.165) is 0 Å². The number of hydroxylamine groups is 2. The highest BCUT2D eigenvalue weighted by Gasteiger charge is 2.55. The largest absolute Gasteiger partial charge is 0.497 e. The third kappa shape index (κ3) is 6.49. The minimum atomic E-state index is -5.43. The number of benzene rings is 3. The predicted molar refractivity (Wildman–Crippen MR) is 166 cm³/mol. The summed E-state index contributed by atoms with van der Waals surface area (Å²) in [6, 6.07) is 16.6. The summed E-state index contributed by atoms with van der Waals surface area (Å²) in [6.07, 6.45) is -1.71. The second-order valence-electron chi connectivity index (χ2n) is 11.2. The maximum Gasteiger partial charge on any atom is 0.497 e. The molecule has 1 N–H and O–H groups in total. The molecule has 0 aromatic heterocycles. The molecule has 3 aromatic rings. The molecule has 0 spiro atoms. The molecule has 0 radical (unpaired) electrons. The summed E-state index contributed by atoms with van der Waals surface area (Å²) < 4.78 is 39.9. The number of carbonyl (C=O) groups excluding carboxylic acids is 4. The number of hydrogen-bond donors (Lipinski definition) is 1. The minimum Gasteiger partial charge on any atom is -0.368 e. The quantitative estimate of drug-likeness (QED) is 0.309. The molecular weight excluding hydrogens is 639 g/mol. The third-order valence-corrected chi connectivity index (χ3v) is 8.32. The van der Waals surface area contributed by atoms with Gasteiger partial charge in [0.25, 0.3) is 11.8 Å². The summed E-state index contributed by atoms with van der Waals surface area (Å²) in [6.45, 7) is 0.584. The van der Waals surface area contributed by atoms with E-state index in [1.54, 1.807) is 17.0 Å². The molecule has 1 unspecified atom stereocenters. The molecular formula is C33H28ClF3N5O5+. The molecule has 47 heavy (non-hydrogen) atoms. The fourth-order valence-electron chi connectivity index (χ4n) is 5.73.